The fraction of sp³-hybridized carbons (Fsp3) is 0.647. The van der Waals surface area contributed by atoms with Crippen molar-refractivity contribution >= 4 is 0 Å². The summed E-state index contributed by atoms with van der Waals surface area (Å²) in [4.78, 5) is 0. The van der Waals surface area contributed by atoms with Gasteiger partial charge in [-0.1, -0.05) is 32.0 Å². The zero-order valence-corrected chi connectivity index (χ0v) is 13.4. The lowest BCUT2D eigenvalue weighted by Gasteiger charge is -2.23. The largest absolute Gasteiger partial charge is 0.491 e. The summed E-state index contributed by atoms with van der Waals surface area (Å²) in [5, 5.41) is 3.40. The van der Waals surface area contributed by atoms with Crippen molar-refractivity contribution in [2.45, 2.75) is 52.7 Å². The van der Waals surface area contributed by atoms with Gasteiger partial charge in [0, 0.05) is 12.1 Å². The molecule has 0 saturated heterocycles. The van der Waals surface area contributed by atoms with Crippen molar-refractivity contribution in [1.82, 2.24) is 5.32 Å². The Hall–Kier alpha value is -1.06. The Bertz CT molecular complexity index is 377. The molecule has 0 fully saturated rings. The van der Waals surface area contributed by atoms with Crippen LogP contribution in [-0.2, 0) is 11.3 Å². The minimum atomic E-state index is -0.0639. The first-order valence-electron chi connectivity index (χ1n) is 7.64. The molecule has 0 heterocycles. The number of rotatable bonds is 10. The van der Waals surface area contributed by atoms with E-state index in [1.807, 2.05) is 18.2 Å². The van der Waals surface area contributed by atoms with E-state index >= 15 is 0 Å². The minimum absolute atomic E-state index is 0.0639. The Morgan fingerprint density at radius 2 is 1.85 bits per heavy atom. The quantitative estimate of drug-likeness (QED) is 0.661. The smallest absolute Gasteiger partial charge is 0.123 e. The molecule has 1 N–H and O–H groups in total. The van der Waals surface area contributed by atoms with E-state index in [0.29, 0.717) is 13.2 Å². The molecule has 3 heteroatoms. The van der Waals surface area contributed by atoms with Gasteiger partial charge in [-0.3, -0.25) is 0 Å². The van der Waals surface area contributed by atoms with Crippen LogP contribution < -0.4 is 10.1 Å². The van der Waals surface area contributed by atoms with E-state index in [0.717, 1.165) is 31.7 Å². The van der Waals surface area contributed by atoms with Crippen molar-refractivity contribution in [3.8, 4) is 5.75 Å². The zero-order valence-electron chi connectivity index (χ0n) is 13.4. The van der Waals surface area contributed by atoms with E-state index in [4.69, 9.17) is 9.47 Å². The van der Waals surface area contributed by atoms with Crippen LogP contribution in [0, 0.1) is 0 Å². The molecule has 1 aromatic carbocycles. The molecule has 0 unspecified atom stereocenters. The fourth-order valence-electron chi connectivity index (χ4n) is 1.76. The third-order valence-corrected chi connectivity index (χ3v) is 3.40. The monoisotopic (exact) mass is 279 g/mol. The second-order valence-corrected chi connectivity index (χ2v) is 5.59. The SMILES string of the molecule is CCCNCc1ccccc1OCCOC(C)(C)CC. The van der Waals surface area contributed by atoms with Gasteiger partial charge in [-0.25, -0.2) is 0 Å². The molecule has 0 aliphatic rings. The standard InChI is InChI=1S/C17H29NO2/c1-5-11-18-14-15-9-7-8-10-16(15)19-12-13-20-17(3,4)6-2/h7-10,18H,5-6,11-14H2,1-4H3. The number of hydrogen-bond acceptors (Lipinski definition) is 3. The molecule has 1 aromatic rings. The molecule has 0 bridgehead atoms. The highest BCUT2D eigenvalue weighted by atomic mass is 16.5. The highest BCUT2D eigenvalue weighted by molar-refractivity contribution is 5.33. The maximum atomic E-state index is 5.84. The van der Waals surface area contributed by atoms with Gasteiger partial charge < -0.3 is 14.8 Å². The Kier molecular flexibility index (Phi) is 7.63. The summed E-state index contributed by atoms with van der Waals surface area (Å²) in [6.07, 6.45) is 2.15. The zero-order chi connectivity index (χ0) is 14.8. The predicted octanol–water partition coefficient (Wildman–Crippen LogP) is 3.77. The average Bonchev–Trinajstić information content (AvgIpc) is 2.45. The molecule has 0 aromatic heterocycles. The van der Waals surface area contributed by atoms with Gasteiger partial charge in [0.1, 0.15) is 12.4 Å². The third-order valence-electron chi connectivity index (χ3n) is 3.40. The third kappa shape index (κ3) is 6.40. The first-order chi connectivity index (χ1) is 9.59. The lowest BCUT2D eigenvalue weighted by molar-refractivity contribution is -0.0318. The van der Waals surface area contributed by atoms with Crippen LogP contribution in [0.15, 0.2) is 24.3 Å². The predicted molar refractivity (Wildman–Crippen MR) is 84.3 cm³/mol. The summed E-state index contributed by atoms with van der Waals surface area (Å²) < 4.78 is 11.6. The van der Waals surface area contributed by atoms with E-state index in [1.54, 1.807) is 0 Å². The van der Waals surface area contributed by atoms with Crippen LogP contribution >= 0.6 is 0 Å². The van der Waals surface area contributed by atoms with E-state index in [-0.39, 0.29) is 5.60 Å². The molecule has 0 aliphatic heterocycles. The topological polar surface area (TPSA) is 30.5 Å². The summed E-state index contributed by atoms with van der Waals surface area (Å²) in [5.74, 6) is 0.953. The Morgan fingerprint density at radius 1 is 1.10 bits per heavy atom. The van der Waals surface area contributed by atoms with Gasteiger partial charge in [0.15, 0.2) is 0 Å². The van der Waals surface area contributed by atoms with E-state index in [9.17, 15) is 0 Å². The fourth-order valence-corrected chi connectivity index (χ4v) is 1.76. The van der Waals surface area contributed by atoms with Crippen LogP contribution in [0.25, 0.3) is 0 Å². The molecule has 114 valence electrons. The summed E-state index contributed by atoms with van der Waals surface area (Å²) >= 11 is 0. The summed E-state index contributed by atoms with van der Waals surface area (Å²) in [5.41, 5.74) is 1.14. The van der Waals surface area contributed by atoms with Gasteiger partial charge in [-0.05, 0) is 39.3 Å². The number of ether oxygens (including phenoxy) is 2. The number of nitrogens with one attached hydrogen (secondary N) is 1. The minimum Gasteiger partial charge on any atom is -0.491 e. The molecule has 1 rings (SSSR count). The molecule has 20 heavy (non-hydrogen) atoms. The second kappa shape index (κ2) is 8.98. The summed E-state index contributed by atoms with van der Waals surface area (Å²) in [7, 11) is 0. The van der Waals surface area contributed by atoms with Crippen LogP contribution in [0.5, 0.6) is 5.75 Å². The first-order valence-corrected chi connectivity index (χ1v) is 7.64. The van der Waals surface area contributed by atoms with Crippen molar-refractivity contribution in [2.75, 3.05) is 19.8 Å². The Balaban J connectivity index is 2.39. The number of hydrogen-bond donors (Lipinski definition) is 1. The van der Waals surface area contributed by atoms with Crippen molar-refractivity contribution in [2.24, 2.45) is 0 Å². The van der Waals surface area contributed by atoms with Crippen molar-refractivity contribution in [3.63, 3.8) is 0 Å². The summed E-state index contributed by atoms with van der Waals surface area (Å²) in [6, 6.07) is 8.19. The molecule has 0 atom stereocenters. The lowest BCUT2D eigenvalue weighted by atomic mass is 10.1. The lowest BCUT2D eigenvalue weighted by Crippen LogP contribution is -2.25. The first kappa shape index (κ1) is 17.0. The van der Waals surface area contributed by atoms with Gasteiger partial charge in [-0.15, -0.1) is 0 Å². The summed E-state index contributed by atoms with van der Waals surface area (Å²) in [6.45, 7) is 11.6. The molecule has 0 radical (unpaired) electrons. The maximum absolute atomic E-state index is 5.84. The molecular formula is C17H29NO2. The molecule has 0 spiro atoms. The van der Waals surface area contributed by atoms with Crippen molar-refractivity contribution < 1.29 is 9.47 Å². The van der Waals surface area contributed by atoms with Gasteiger partial charge in [0.25, 0.3) is 0 Å². The van der Waals surface area contributed by atoms with Gasteiger partial charge in [-0.2, -0.15) is 0 Å². The van der Waals surface area contributed by atoms with E-state index in [1.165, 1.54) is 5.56 Å². The van der Waals surface area contributed by atoms with Crippen LogP contribution in [0.1, 0.15) is 46.1 Å². The highest BCUT2D eigenvalue weighted by Crippen LogP contribution is 2.18. The Morgan fingerprint density at radius 3 is 2.55 bits per heavy atom. The van der Waals surface area contributed by atoms with E-state index < -0.39 is 0 Å². The van der Waals surface area contributed by atoms with Gasteiger partial charge in [0.2, 0.25) is 0 Å². The molecule has 3 nitrogen and oxygen atoms in total. The van der Waals surface area contributed by atoms with Crippen LogP contribution in [0.2, 0.25) is 0 Å². The van der Waals surface area contributed by atoms with E-state index in [2.05, 4.69) is 39.1 Å². The average molecular weight is 279 g/mol. The van der Waals surface area contributed by atoms with Crippen LogP contribution in [-0.4, -0.2) is 25.4 Å². The van der Waals surface area contributed by atoms with Crippen LogP contribution in [0.3, 0.4) is 0 Å². The van der Waals surface area contributed by atoms with Gasteiger partial charge in [0.05, 0.1) is 12.2 Å². The number of para-hydroxylation sites is 1. The van der Waals surface area contributed by atoms with Crippen molar-refractivity contribution in [1.29, 1.82) is 0 Å². The normalized spacial score (nSPS) is 11.6. The van der Waals surface area contributed by atoms with Crippen LogP contribution in [0.4, 0.5) is 0 Å². The molecule has 0 amide bonds. The maximum Gasteiger partial charge on any atom is 0.123 e. The van der Waals surface area contributed by atoms with Gasteiger partial charge >= 0.3 is 0 Å². The molecule has 0 saturated carbocycles. The van der Waals surface area contributed by atoms with Crippen molar-refractivity contribution in [3.05, 3.63) is 29.8 Å². The molecule has 0 aliphatic carbocycles. The Labute approximate surface area is 123 Å². The highest BCUT2D eigenvalue weighted by Gasteiger charge is 2.14. The second-order valence-electron chi connectivity index (χ2n) is 5.59. The molecular weight excluding hydrogens is 250 g/mol. The number of benzene rings is 1.